The van der Waals surface area contributed by atoms with E-state index in [-0.39, 0.29) is 0 Å². The van der Waals surface area contributed by atoms with Crippen molar-refractivity contribution in [2.45, 2.75) is 19.3 Å². The second-order valence-electron chi connectivity index (χ2n) is 6.36. The summed E-state index contributed by atoms with van der Waals surface area (Å²) in [6, 6.07) is 7.88. The largest absolute Gasteiger partial charge is 0.397 e. The van der Waals surface area contributed by atoms with Gasteiger partial charge in [0.1, 0.15) is 11.5 Å². The molecule has 132 valence electrons. The first-order valence-electron chi connectivity index (χ1n) is 8.72. The minimum Gasteiger partial charge on any atom is -0.397 e. The molecule has 0 bridgehead atoms. The highest BCUT2D eigenvalue weighted by molar-refractivity contribution is 7.13. The van der Waals surface area contributed by atoms with Gasteiger partial charge in [0.15, 0.2) is 0 Å². The van der Waals surface area contributed by atoms with Crippen molar-refractivity contribution in [3.63, 3.8) is 0 Å². The summed E-state index contributed by atoms with van der Waals surface area (Å²) in [6.07, 6.45) is 7.14. The molecule has 0 atom stereocenters. The van der Waals surface area contributed by atoms with Gasteiger partial charge in [-0.15, -0.1) is 11.3 Å². The molecule has 26 heavy (non-hydrogen) atoms. The van der Waals surface area contributed by atoms with E-state index in [0.717, 1.165) is 40.7 Å². The Hall–Kier alpha value is -2.80. The molecule has 3 aromatic rings. The molecule has 0 aliphatic carbocycles. The van der Waals surface area contributed by atoms with Gasteiger partial charge in [-0.05, 0) is 37.5 Å². The normalized spacial score (nSPS) is 14.4. The summed E-state index contributed by atoms with van der Waals surface area (Å²) < 4.78 is 0. The third kappa shape index (κ3) is 3.30. The van der Waals surface area contributed by atoms with Crippen LogP contribution in [0.3, 0.4) is 0 Å². The van der Waals surface area contributed by atoms with Crippen LogP contribution in [-0.4, -0.2) is 33.8 Å². The van der Waals surface area contributed by atoms with Gasteiger partial charge in [-0.25, -0.2) is 4.98 Å². The zero-order valence-electron chi connectivity index (χ0n) is 14.4. The van der Waals surface area contributed by atoms with Crippen molar-refractivity contribution < 1.29 is 5.41 Å². The number of hydrogen-bond acceptors (Lipinski definition) is 6. The third-order valence-electron chi connectivity index (χ3n) is 4.60. The molecule has 4 heterocycles. The summed E-state index contributed by atoms with van der Waals surface area (Å²) in [5.74, 6) is 0.973. The van der Waals surface area contributed by atoms with E-state index in [1.165, 1.54) is 30.6 Å². The van der Waals surface area contributed by atoms with Crippen molar-refractivity contribution in [1.82, 2.24) is 15.0 Å². The minimum atomic E-state index is 0.543. The summed E-state index contributed by atoms with van der Waals surface area (Å²) in [7, 11) is 0. The van der Waals surface area contributed by atoms with E-state index in [1.54, 1.807) is 17.9 Å². The zero-order chi connectivity index (χ0) is 17.9. The van der Waals surface area contributed by atoms with Crippen LogP contribution in [0.1, 0.15) is 30.5 Å². The van der Waals surface area contributed by atoms with Crippen LogP contribution in [0.25, 0.3) is 10.6 Å². The standard InChI is InChI=1S/C19H20N6S/c20-14-10-23-16(17-11-22-12-26-17)9-13(14)19(21)15-5-4-6-18(24-15)25-7-2-1-3-8-25/h4-6,9-12,21H,1-3,7-8,20H2/p+1. The average molecular weight is 365 g/mol. The van der Waals surface area contributed by atoms with Crippen molar-refractivity contribution in [1.29, 1.82) is 0 Å². The highest BCUT2D eigenvalue weighted by atomic mass is 32.1. The van der Waals surface area contributed by atoms with Crippen LogP contribution in [0, 0.1) is 0 Å². The molecule has 0 spiro atoms. The number of nitrogen functional groups attached to an aromatic ring is 1. The molecule has 0 radical (unpaired) electrons. The minimum absolute atomic E-state index is 0.543. The first kappa shape index (κ1) is 16.7. The third-order valence-corrected chi connectivity index (χ3v) is 5.40. The number of hydrogen-bond donors (Lipinski definition) is 2. The summed E-state index contributed by atoms with van der Waals surface area (Å²) in [6.45, 7) is 2.09. The van der Waals surface area contributed by atoms with E-state index in [1.807, 2.05) is 24.3 Å². The smallest absolute Gasteiger partial charge is 0.232 e. The van der Waals surface area contributed by atoms with Crippen molar-refractivity contribution >= 4 is 28.6 Å². The zero-order valence-corrected chi connectivity index (χ0v) is 15.2. The maximum atomic E-state index is 6.45. The molecule has 4 N–H and O–H groups in total. The van der Waals surface area contributed by atoms with Crippen LogP contribution in [0.4, 0.5) is 11.5 Å². The number of rotatable bonds is 4. The van der Waals surface area contributed by atoms with Gasteiger partial charge in [0.2, 0.25) is 5.71 Å². The second kappa shape index (κ2) is 7.21. The number of anilines is 2. The number of aromatic nitrogens is 3. The summed E-state index contributed by atoms with van der Waals surface area (Å²) in [5, 5.41) is 6.45. The molecule has 1 fully saturated rings. The first-order chi connectivity index (χ1) is 12.7. The molecule has 0 amide bonds. The molecule has 1 aliphatic heterocycles. The van der Waals surface area contributed by atoms with E-state index >= 15 is 0 Å². The number of piperidine rings is 1. The van der Waals surface area contributed by atoms with Gasteiger partial charge in [-0.3, -0.25) is 15.4 Å². The highest BCUT2D eigenvalue weighted by Gasteiger charge is 2.19. The molecule has 3 aromatic heterocycles. The Morgan fingerprint density at radius 2 is 2.00 bits per heavy atom. The Bertz CT molecular complexity index is 916. The SMILES string of the molecule is Nc1cnc(-c2cncs2)cc1C(=[NH2+])c1cccc(N2CCCCC2)n1. The van der Waals surface area contributed by atoms with Crippen molar-refractivity contribution in [2.24, 2.45) is 0 Å². The van der Waals surface area contributed by atoms with Gasteiger partial charge in [0.25, 0.3) is 0 Å². The summed E-state index contributed by atoms with van der Waals surface area (Å²) in [4.78, 5) is 16.6. The fourth-order valence-corrected chi connectivity index (χ4v) is 3.78. The Kier molecular flexibility index (Phi) is 4.62. The Balaban J connectivity index is 1.66. The van der Waals surface area contributed by atoms with Crippen LogP contribution in [0.5, 0.6) is 0 Å². The molecule has 0 saturated carbocycles. The molecular formula is C19H21N6S+. The Morgan fingerprint density at radius 3 is 2.77 bits per heavy atom. The fourth-order valence-electron chi connectivity index (χ4n) is 3.19. The van der Waals surface area contributed by atoms with Crippen LogP contribution in [-0.2, 0) is 0 Å². The Morgan fingerprint density at radius 1 is 1.15 bits per heavy atom. The van der Waals surface area contributed by atoms with Gasteiger partial charge in [0, 0.05) is 19.3 Å². The van der Waals surface area contributed by atoms with Gasteiger partial charge >= 0.3 is 0 Å². The van der Waals surface area contributed by atoms with Gasteiger partial charge in [-0.2, -0.15) is 0 Å². The predicted molar refractivity (Wildman–Crippen MR) is 105 cm³/mol. The van der Waals surface area contributed by atoms with Crippen molar-refractivity contribution in [3.05, 3.63) is 53.4 Å². The molecule has 1 aliphatic rings. The first-order valence-corrected chi connectivity index (χ1v) is 9.60. The average Bonchev–Trinajstić information content (AvgIpc) is 3.23. The number of thiazole rings is 1. The maximum absolute atomic E-state index is 6.45. The van der Waals surface area contributed by atoms with Crippen LogP contribution < -0.4 is 16.0 Å². The number of nitrogens with two attached hydrogens (primary N) is 2. The highest BCUT2D eigenvalue weighted by Crippen LogP contribution is 2.25. The van der Waals surface area contributed by atoms with E-state index in [0.29, 0.717) is 11.4 Å². The fraction of sp³-hybridized carbons (Fsp3) is 0.263. The number of pyridine rings is 2. The van der Waals surface area contributed by atoms with Gasteiger partial charge < -0.3 is 10.6 Å². The second-order valence-corrected chi connectivity index (χ2v) is 7.25. The lowest BCUT2D eigenvalue weighted by molar-refractivity contribution is -0.111. The molecule has 7 heteroatoms. The topological polar surface area (TPSA) is 93.5 Å². The molecular weight excluding hydrogens is 344 g/mol. The van der Waals surface area contributed by atoms with E-state index in [4.69, 9.17) is 16.1 Å². The quantitative estimate of drug-likeness (QED) is 0.687. The van der Waals surface area contributed by atoms with E-state index in [9.17, 15) is 0 Å². The van der Waals surface area contributed by atoms with Crippen LogP contribution in [0.15, 0.2) is 42.2 Å². The summed E-state index contributed by atoms with van der Waals surface area (Å²) >= 11 is 1.53. The Labute approximate surface area is 156 Å². The molecule has 1 saturated heterocycles. The number of nitrogens with zero attached hydrogens (tertiary/aromatic N) is 4. The predicted octanol–water partition coefficient (Wildman–Crippen LogP) is 1.77. The molecule has 0 unspecified atom stereocenters. The monoisotopic (exact) mass is 365 g/mol. The van der Waals surface area contributed by atoms with Crippen LogP contribution >= 0.6 is 11.3 Å². The molecule has 0 aromatic carbocycles. The summed E-state index contributed by atoms with van der Waals surface area (Å²) in [5.41, 5.74) is 11.3. The van der Waals surface area contributed by atoms with Crippen molar-refractivity contribution in [2.75, 3.05) is 23.7 Å². The maximum Gasteiger partial charge on any atom is 0.232 e. The molecule has 4 rings (SSSR count). The van der Waals surface area contributed by atoms with Crippen LogP contribution in [0.2, 0.25) is 0 Å². The van der Waals surface area contributed by atoms with E-state index in [2.05, 4.69) is 14.9 Å². The van der Waals surface area contributed by atoms with E-state index < -0.39 is 0 Å². The molecule has 6 nitrogen and oxygen atoms in total. The lowest BCUT2D eigenvalue weighted by atomic mass is 10.0. The lowest BCUT2D eigenvalue weighted by Crippen LogP contribution is -2.42. The van der Waals surface area contributed by atoms with Gasteiger partial charge in [0.05, 0.1) is 33.5 Å². The van der Waals surface area contributed by atoms with Crippen molar-refractivity contribution in [3.8, 4) is 10.6 Å². The van der Waals surface area contributed by atoms with Gasteiger partial charge in [-0.1, -0.05) is 6.07 Å². The lowest BCUT2D eigenvalue weighted by Gasteiger charge is -2.27.